The average molecular weight is 417 g/mol. The highest BCUT2D eigenvalue weighted by Crippen LogP contribution is 2.60. The molecule has 0 amide bonds. The molecule has 0 saturated heterocycles. The van der Waals surface area contributed by atoms with Crippen LogP contribution in [0.1, 0.15) is 85.5 Å². The van der Waals surface area contributed by atoms with Crippen LogP contribution in [0.3, 0.4) is 0 Å². The van der Waals surface area contributed by atoms with E-state index in [2.05, 4.69) is 46.4 Å². The average Bonchev–Trinajstić information content (AvgIpc) is 3.00. The molecule has 7 atom stereocenters. The molecule has 3 aliphatic rings. The van der Waals surface area contributed by atoms with E-state index >= 15 is 0 Å². The Morgan fingerprint density at radius 3 is 2.57 bits per heavy atom. The highest BCUT2D eigenvalue weighted by atomic mass is 16.3. The minimum absolute atomic E-state index is 0.179. The molecule has 0 heterocycles. The molecule has 1 unspecified atom stereocenters. The van der Waals surface area contributed by atoms with Gasteiger partial charge < -0.3 is 15.3 Å². The van der Waals surface area contributed by atoms with Crippen molar-refractivity contribution in [2.24, 2.45) is 29.1 Å². The van der Waals surface area contributed by atoms with Gasteiger partial charge in [-0.2, -0.15) is 0 Å². The lowest BCUT2D eigenvalue weighted by molar-refractivity contribution is 0.0571. The molecule has 3 heteroatoms. The van der Waals surface area contributed by atoms with Crippen LogP contribution >= 0.6 is 0 Å². The molecule has 30 heavy (non-hydrogen) atoms. The zero-order chi connectivity index (χ0) is 22.1. The van der Waals surface area contributed by atoms with Crippen molar-refractivity contribution in [1.29, 1.82) is 0 Å². The Bertz CT molecular complexity index is 676. The molecule has 0 aromatic rings. The van der Waals surface area contributed by atoms with Gasteiger partial charge in [-0.15, -0.1) is 0 Å². The first-order valence-corrected chi connectivity index (χ1v) is 12.2. The SMILES string of the molecule is C=C1/C(=C\C=C2CCC[C@@]3(C)C2CC[C@@H]3[C@H](C)C[C@H](O)CC(C)C)C[C@@H](O)C[C@H]1O. The van der Waals surface area contributed by atoms with E-state index in [4.69, 9.17) is 0 Å². The summed E-state index contributed by atoms with van der Waals surface area (Å²) in [7, 11) is 0. The summed E-state index contributed by atoms with van der Waals surface area (Å²) in [5, 5.41) is 30.7. The molecular weight excluding hydrogens is 372 g/mol. The van der Waals surface area contributed by atoms with Gasteiger partial charge in [-0.05, 0) is 91.6 Å². The monoisotopic (exact) mass is 416 g/mol. The fraction of sp³-hybridized carbons (Fsp3) is 0.778. The quantitative estimate of drug-likeness (QED) is 0.531. The Morgan fingerprint density at radius 2 is 1.87 bits per heavy atom. The van der Waals surface area contributed by atoms with Gasteiger partial charge in [-0.3, -0.25) is 0 Å². The molecule has 3 nitrogen and oxygen atoms in total. The second-order valence-corrected chi connectivity index (χ2v) is 11.2. The maximum absolute atomic E-state index is 10.5. The van der Waals surface area contributed by atoms with Gasteiger partial charge in [0.15, 0.2) is 0 Å². The number of aliphatic hydroxyl groups excluding tert-OH is 3. The Morgan fingerprint density at radius 1 is 1.13 bits per heavy atom. The lowest BCUT2D eigenvalue weighted by atomic mass is 9.60. The standard InChI is InChI=1S/C27H44O3/c1-17(2)13-22(28)14-18(3)24-10-11-25-20(7-6-12-27(24,25)5)8-9-21-15-23(29)16-26(30)19(21)4/h8-9,17-18,22-26,28-30H,4,6-7,10-16H2,1-3,5H3/b20-8?,21-9-/t18-,22-,23-,24-,25?,26-,27-/m1/s1. The number of rotatable bonds is 6. The molecule has 0 aromatic heterocycles. The van der Waals surface area contributed by atoms with E-state index in [1.807, 2.05) is 0 Å². The third-order valence-corrected chi connectivity index (χ3v) is 8.38. The maximum atomic E-state index is 10.5. The summed E-state index contributed by atoms with van der Waals surface area (Å²) in [6.07, 6.45) is 12.1. The third-order valence-electron chi connectivity index (χ3n) is 8.38. The molecule has 3 rings (SSSR count). The van der Waals surface area contributed by atoms with Gasteiger partial charge in [0, 0.05) is 6.42 Å². The molecule has 3 saturated carbocycles. The van der Waals surface area contributed by atoms with Crippen molar-refractivity contribution in [3.8, 4) is 0 Å². The van der Waals surface area contributed by atoms with E-state index in [9.17, 15) is 15.3 Å². The number of fused-ring (bicyclic) bond motifs is 1. The second-order valence-electron chi connectivity index (χ2n) is 11.2. The fourth-order valence-electron chi connectivity index (χ4n) is 6.91. The molecule has 0 aromatic carbocycles. The first kappa shape index (κ1) is 23.8. The van der Waals surface area contributed by atoms with Crippen LogP contribution in [0.4, 0.5) is 0 Å². The molecule has 3 fully saturated rings. The van der Waals surface area contributed by atoms with E-state index in [1.54, 1.807) is 0 Å². The molecule has 0 spiro atoms. The van der Waals surface area contributed by atoms with E-state index in [0.717, 1.165) is 30.4 Å². The lowest BCUT2D eigenvalue weighted by Gasteiger charge is -2.44. The smallest absolute Gasteiger partial charge is 0.0811 e. The van der Waals surface area contributed by atoms with Gasteiger partial charge >= 0.3 is 0 Å². The summed E-state index contributed by atoms with van der Waals surface area (Å²) in [5.41, 5.74) is 3.63. The van der Waals surface area contributed by atoms with Crippen LogP contribution in [0.5, 0.6) is 0 Å². The summed E-state index contributed by atoms with van der Waals surface area (Å²) in [4.78, 5) is 0. The van der Waals surface area contributed by atoms with Crippen LogP contribution in [0.25, 0.3) is 0 Å². The third kappa shape index (κ3) is 5.11. The van der Waals surface area contributed by atoms with Gasteiger partial charge in [-0.1, -0.05) is 52.0 Å². The summed E-state index contributed by atoms with van der Waals surface area (Å²) in [6.45, 7) is 13.3. The second kappa shape index (κ2) is 9.71. The topological polar surface area (TPSA) is 60.7 Å². The molecular formula is C27H44O3. The van der Waals surface area contributed by atoms with E-state index in [1.165, 1.54) is 31.3 Å². The number of allylic oxidation sites excluding steroid dienone is 3. The largest absolute Gasteiger partial charge is 0.393 e. The van der Waals surface area contributed by atoms with Crippen LogP contribution in [-0.4, -0.2) is 33.6 Å². The maximum Gasteiger partial charge on any atom is 0.0811 e. The van der Waals surface area contributed by atoms with Crippen molar-refractivity contribution in [1.82, 2.24) is 0 Å². The predicted molar refractivity (Wildman–Crippen MR) is 124 cm³/mol. The predicted octanol–water partition coefficient (Wildman–Crippen LogP) is 5.56. The summed E-state index contributed by atoms with van der Waals surface area (Å²) < 4.78 is 0. The lowest BCUT2D eigenvalue weighted by Crippen LogP contribution is -2.36. The zero-order valence-corrected chi connectivity index (χ0v) is 19.6. The summed E-state index contributed by atoms with van der Waals surface area (Å²) in [6, 6.07) is 0. The Hall–Kier alpha value is -0.900. The van der Waals surface area contributed by atoms with Gasteiger partial charge in [-0.25, -0.2) is 0 Å². The number of hydrogen-bond acceptors (Lipinski definition) is 3. The van der Waals surface area contributed by atoms with Crippen LogP contribution in [0, 0.1) is 29.1 Å². The van der Waals surface area contributed by atoms with Gasteiger partial charge in [0.2, 0.25) is 0 Å². The summed E-state index contributed by atoms with van der Waals surface area (Å²) >= 11 is 0. The molecule has 0 aliphatic heterocycles. The van der Waals surface area contributed by atoms with Crippen molar-refractivity contribution >= 4 is 0 Å². The Labute approximate surface area is 184 Å². The van der Waals surface area contributed by atoms with Crippen LogP contribution < -0.4 is 0 Å². The normalized spacial score (nSPS) is 39.5. The van der Waals surface area contributed by atoms with Crippen LogP contribution in [0.2, 0.25) is 0 Å². The number of hydrogen-bond donors (Lipinski definition) is 3. The molecule has 0 radical (unpaired) electrons. The first-order valence-electron chi connectivity index (χ1n) is 12.2. The van der Waals surface area contributed by atoms with E-state index < -0.39 is 12.2 Å². The van der Waals surface area contributed by atoms with Crippen molar-refractivity contribution in [2.45, 2.75) is 104 Å². The minimum atomic E-state index is -0.621. The van der Waals surface area contributed by atoms with Crippen LogP contribution in [0.15, 0.2) is 35.5 Å². The first-order chi connectivity index (χ1) is 14.1. The molecule has 0 bridgehead atoms. The van der Waals surface area contributed by atoms with Gasteiger partial charge in [0.25, 0.3) is 0 Å². The number of aliphatic hydroxyl groups is 3. The summed E-state index contributed by atoms with van der Waals surface area (Å²) in [5.74, 6) is 2.39. The Balaban J connectivity index is 1.73. The van der Waals surface area contributed by atoms with E-state index in [-0.39, 0.29) is 6.10 Å². The van der Waals surface area contributed by atoms with Crippen molar-refractivity contribution in [3.05, 3.63) is 35.5 Å². The fourth-order valence-corrected chi connectivity index (χ4v) is 6.91. The van der Waals surface area contributed by atoms with Gasteiger partial charge in [0.1, 0.15) is 0 Å². The van der Waals surface area contributed by atoms with Crippen molar-refractivity contribution in [3.63, 3.8) is 0 Å². The molecule has 3 aliphatic carbocycles. The molecule has 170 valence electrons. The van der Waals surface area contributed by atoms with Crippen LogP contribution in [-0.2, 0) is 0 Å². The molecule has 3 N–H and O–H groups in total. The van der Waals surface area contributed by atoms with E-state index in [0.29, 0.717) is 41.9 Å². The van der Waals surface area contributed by atoms with Crippen molar-refractivity contribution in [2.75, 3.05) is 0 Å². The highest BCUT2D eigenvalue weighted by Gasteiger charge is 2.50. The minimum Gasteiger partial charge on any atom is -0.393 e. The van der Waals surface area contributed by atoms with Gasteiger partial charge in [0.05, 0.1) is 18.3 Å². The highest BCUT2D eigenvalue weighted by molar-refractivity contribution is 5.38. The Kier molecular flexibility index (Phi) is 7.69. The van der Waals surface area contributed by atoms with Crippen molar-refractivity contribution < 1.29 is 15.3 Å². The zero-order valence-electron chi connectivity index (χ0n) is 19.6.